The first-order valence-electron chi connectivity index (χ1n) is 11.0. The van der Waals surface area contributed by atoms with Gasteiger partial charge >= 0.3 is 5.97 Å². The first kappa shape index (κ1) is 22.2. The molecule has 0 spiro atoms. The molecule has 174 valence electrons. The van der Waals surface area contributed by atoms with E-state index in [4.69, 9.17) is 13.9 Å². The van der Waals surface area contributed by atoms with Crippen molar-refractivity contribution in [3.63, 3.8) is 0 Å². The van der Waals surface area contributed by atoms with E-state index in [1.807, 2.05) is 36.4 Å². The first-order valence-corrected chi connectivity index (χ1v) is 11.0. The van der Waals surface area contributed by atoms with Gasteiger partial charge in [-0.3, -0.25) is 0 Å². The highest BCUT2D eigenvalue weighted by molar-refractivity contribution is 5.88. The van der Waals surface area contributed by atoms with Crippen LogP contribution in [0, 0.1) is 0 Å². The summed E-state index contributed by atoms with van der Waals surface area (Å²) in [6, 6.07) is 21.7. The van der Waals surface area contributed by atoms with Crippen LogP contribution in [-0.2, 0) is 5.41 Å². The predicted molar refractivity (Wildman–Crippen MR) is 130 cm³/mol. The molecular formula is C27H22N4O4. The minimum absolute atomic E-state index is 0.0650. The molecule has 0 radical (unpaired) electrons. The smallest absolute Gasteiger partial charge is 0.335 e. The second-order valence-electron chi connectivity index (χ2n) is 9.12. The Morgan fingerprint density at radius 3 is 1.51 bits per heavy atom. The molecule has 5 aromatic rings. The van der Waals surface area contributed by atoms with Crippen LogP contribution in [0.15, 0.2) is 81.6 Å². The van der Waals surface area contributed by atoms with Crippen LogP contribution >= 0.6 is 0 Å². The lowest BCUT2D eigenvalue weighted by molar-refractivity contribution is 0.0697. The van der Waals surface area contributed by atoms with E-state index in [1.165, 1.54) is 17.7 Å². The lowest BCUT2D eigenvalue weighted by Crippen LogP contribution is -2.10. The van der Waals surface area contributed by atoms with E-state index < -0.39 is 5.97 Å². The van der Waals surface area contributed by atoms with Crippen molar-refractivity contribution in [2.45, 2.75) is 26.2 Å². The number of nitrogens with zero attached hydrogens (tertiary/aromatic N) is 4. The molecule has 0 aliphatic rings. The van der Waals surface area contributed by atoms with Gasteiger partial charge in [-0.25, -0.2) is 4.79 Å². The number of carbonyl (C=O) groups is 1. The fourth-order valence-corrected chi connectivity index (χ4v) is 3.57. The molecule has 35 heavy (non-hydrogen) atoms. The van der Waals surface area contributed by atoms with Crippen LogP contribution in [0.1, 0.15) is 36.7 Å². The van der Waals surface area contributed by atoms with Gasteiger partial charge < -0.3 is 13.9 Å². The third-order valence-electron chi connectivity index (χ3n) is 5.58. The van der Waals surface area contributed by atoms with Crippen LogP contribution in [0.4, 0.5) is 0 Å². The summed E-state index contributed by atoms with van der Waals surface area (Å²) in [5.74, 6) is 0.440. The van der Waals surface area contributed by atoms with Crippen LogP contribution in [-0.4, -0.2) is 31.5 Å². The molecule has 0 saturated heterocycles. The maximum absolute atomic E-state index is 11.0. The summed E-state index contributed by atoms with van der Waals surface area (Å²) in [6.45, 7) is 6.50. The highest BCUT2D eigenvalue weighted by Gasteiger charge is 2.17. The molecule has 8 heteroatoms. The summed E-state index contributed by atoms with van der Waals surface area (Å²) in [5, 5.41) is 25.7. The molecule has 0 bridgehead atoms. The van der Waals surface area contributed by atoms with Crippen molar-refractivity contribution in [2.75, 3.05) is 0 Å². The number of rotatable bonds is 5. The average molecular weight is 466 g/mol. The van der Waals surface area contributed by atoms with Gasteiger partial charge in [-0.2, -0.15) is 0 Å². The SMILES string of the molecule is CC(C)(C)c1ccc(-c2nnc(-c3cccc(-c4nnc(-c5ccc(C(=O)O)cc5)o4)c3)o2)cc1. The fourth-order valence-electron chi connectivity index (χ4n) is 3.57. The van der Waals surface area contributed by atoms with Crippen molar-refractivity contribution < 1.29 is 18.7 Å². The van der Waals surface area contributed by atoms with Crippen LogP contribution in [0.25, 0.3) is 45.8 Å². The summed E-state index contributed by atoms with van der Waals surface area (Å²) in [7, 11) is 0. The van der Waals surface area contributed by atoms with E-state index in [9.17, 15) is 4.79 Å². The maximum Gasteiger partial charge on any atom is 0.335 e. The molecule has 0 aliphatic carbocycles. The number of carboxylic acid groups (broad SMARTS) is 1. The van der Waals surface area contributed by atoms with Gasteiger partial charge in [0.25, 0.3) is 0 Å². The van der Waals surface area contributed by atoms with Gasteiger partial charge in [0.05, 0.1) is 5.56 Å². The number of hydrogen-bond acceptors (Lipinski definition) is 7. The van der Waals surface area contributed by atoms with E-state index in [1.54, 1.807) is 12.1 Å². The van der Waals surface area contributed by atoms with Crippen molar-refractivity contribution in [1.29, 1.82) is 0 Å². The molecule has 8 nitrogen and oxygen atoms in total. The summed E-state index contributed by atoms with van der Waals surface area (Å²) in [5.41, 5.74) is 4.37. The van der Waals surface area contributed by atoms with Crippen molar-refractivity contribution >= 4 is 5.97 Å². The minimum atomic E-state index is -0.995. The maximum atomic E-state index is 11.0. The summed E-state index contributed by atoms with van der Waals surface area (Å²) in [4.78, 5) is 11.0. The minimum Gasteiger partial charge on any atom is -0.478 e. The molecule has 5 rings (SSSR count). The molecule has 3 aromatic carbocycles. The van der Waals surface area contributed by atoms with Crippen molar-refractivity contribution in [3.8, 4) is 45.8 Å². The molecule has 0 unspecified atom stereocenters. The Kier molecular flexibility index (Phi) is 5.49. The van der Waals surface area contributed by atoms with Crippen molar-refractivity contribution in [3.05, 3.63) is 83.9 Å². The molecule has 0 aliphatic heterocycles. The summed E-state index contributed by atoms with van der Waals surface area (Å²) < 4.78 is 11.8. The zero-order chi connectivity index (χ0) is 24.6. The van der Waals surface area contributed by atoms with Gasteiger partial charge in [-0.05, 0) is 65.6 Å². The molecule has 1 N–H and O–H groups in total. The standard InChI is InChI=1S/C27H22N4O4/c1-27(2,3)21-13-11-17(12-14-21)23-29-31-25(35-23)20-6-4-5-19(15-20)24-30-28-22(34-24)16-7-9-18(10-8-16)26(32)33/h4-15H,1-3H3,(H,32,33). The Morgan fingerprint density at radius 2 is 1.09 bits per heavy atom. The Balaban J connectivity index is 1.38. The van der Waals surface area contributed by atoms with Crippen molar-refractivity contribution in [1.82, 2.24) is 20.4 Å². The van der Waals surface area contributed by atoms with Crippen LogP contribution < -0.4 is 0 Å². The number of benzene rings is 3. The Hall–Kier alpha value is -4.59. The van der Waals surface area contributed by atoms with E-state index >= 15 is 0 Å². The fraction of sp³-hybridized carbons (Fsp3) is 0.148. The van der Waals surface area contributed by atoms with Gasteiger partial charge in [0.15, 0.2) is 0 Å². The monoisotopic (exact) mass is 466 g/mol. The summed E-state index contributed by atoms with van der Waals surface area (Å²) >= 11 is 0. The predicted octanol–water partition coefficient (Wildman–Crippen LogP) is 6.12. The Morgan fingerprint density at radius 1 is 0.657 bits per heavy atom. The van der Waals surface area contributed by atoms with Gasteiger partial charge in [0.1, 0.15) is 0 Å². The van der Waals surface area contributed by atoms with Crippen molar-refractivity contribution in [2.24, 2.45) is 0 Å². The average Bonchev–Trinajstić information content (AvgIpc) is 3.54. The molecule has 2 aromatic heterocycles. The van der Waals surface area contributed by atoms with Gasteiger partial charge in [-0.15, -0.1) is 20.4 Å². The second kappa shape index (κ2) is 8.64. The van der Waals surface area contributed by atoms with Gasteiger partial charge in [-0.1, -0.05) is 39.0 Å². The molecule has 2 heterocycles. The molecule has 0 amide bonds. The lowest BCUT2D eigenvalue weighted by atomic mass is 9.87. The molecule has 0 saturated carbocycles. The number of hydrogen-bond donors (Lipinski definition) is 1. The zero-order valence-electron chi connectivity index (χ0n) is 19.4. The third-order valence-corrected chi connectivity index (χ3v) is 5.58. The lowest BCUT2D eigenvalue weighted by Gasteiger charge is -2.18. The quantitative estimate of drug-likeness (QED) is 0.329. The van der Waals surface area contributed by atoms with Crippen LogP contribution in [0.3, 0.4) is 0 Å². The first-order chi connectivity index (χ1) is 16.8. The Bertz CT molecular complexity index is 1490. The van der Waals surface area contributed by atoms with Crippen LogP contribution in [0.5, 0.6) is 0 Å². The number of aromatic nitrogens is 4. The third kappa shape index (κ3) is 4.59. The highest BCUT2D eigenvalue weighted by atomic mass is 16.4. The molecule has 0 atom stereocenters. The number of aromatic carboxylic acids is 1. The second-order valence-corrected chi connectivity index (χ2v) is 9.12. The molecule has 0 fully saturated rings. The van der Waals surface area contributed by atoms with Crippen LogP contribution in [0.2, 0.25) is 0 Å². The Labute approximate surface area is 201 Å². The van der Waals surface area contributed by atoms with E-state index in [2.05, 4.69) is 53.3 Å². The normalized spacial score (nSPS) is 11.5. The number of carboxylic acids is 1. The van der Waals surface area contributed by atoms with Gasteiger partial charge in [0.2, 0.25) is 23.6 Å². The topological polar surface area (TPSA) is 115 Å². The largest absolute Gasteiger partial charge is 0.478 e. The van der Waals surface area contributed by atoms with Gasteiger partial charge in [0, 0.05) is 22.3 Å². The zero-order valence-corrected chi connectivity index (χ0v) is 19.4. The van der Waals surface area contributed by atoms with E-state index in [0.29, 0.717) is 34.7 Å². The highest BCUT2D eigenvalue weighted by Crippen LogP contribution is 2.30. The van der Waals surface area contributed by atoms with E-state index in [-0.39, 0.29) is 11.0 Å². The molecular weight excluding hydrogens is 444 g/mol. The summed E-state index contributed by atoms with van der Waals surface area (Å²) in [6.07, 6.45) is 0. The van der Waals surface area contributed by atoms with E-state index in [0.717, 1.165) is 11.1 Å².